The molecule has 0 bridgehead atoms. The largest absolute Gasteiger partial charge is 0.416 e. The van der Waals surface area contributed by atoms with Crippen molar-refractivity contribution in [2.45, 2.75) is 51.8 Å². The first kappa shape index (κ1) is 20.2. The van der Waals surface area contributed by atoms with Gasteiger partial charge in [-0.1, -0.05) is 24.6 Å². The lowest BCUT2D eigenvalue weighted by Gasteiger charge is -2.17. The molecule has 1 rings (SSSR count). The van der Waals surface area contributed by atoms with Crippen LogP contribution in [0.1, 0.15) is 37.8 Å². The van der Waals surface area contributed by atoms with Gasteiger partial charge in [-0.25, -0.2) is 0 Å². The van der Waals surface area contributed by atoms with Gasteiger partial charge in [0.25, 0.3) is 6.48 Å². The fourth-order valence-electron chi connectivity index (χ4n) is 2.11. The van der Waals surface area contributed by atoms with E-state index in [9.17, 15) is 13.2 Å². The van der Waals surface area contributed by atoms with Gasteiger partial charge in [0, 0.05) is 13.2 Å². The van der Waals surface area contributed by atoms with E-state index >= 15 is 0 Å². The van der Waals surface area contributed by atoms with Crippen molar-refractivity contribution < 1.29 is 27.1 Å². The van der Waals surface area contributed by atoms with Crippen molar-refractivity contribution in [2.75, 3.05) is 13.2 Å². The Bertz CT molecular complexity index is 435. The number of benzene rings is 1. The number of rotatable bonds is 11. The molecule has 0 heterocycles. The van der Waals surface area contributed by atoms with Crippen LogP contribution in [0.15, 0.2) is 24.3 Å². The summed E-state index contributed by atoms with van der Waals surface area (Å²) in [6, 6.07) is 6.49. The molecule has 0 saturated heterocycles. The number of ether oxygens (including phenoxy) is 2. The minimum absolute atomic E-state index is 0.536. The molecule has 0 fully saturated rings. The molecule has 0 aliphatic carbocycles. The molecule has 0 unspecified atom stereocenters. The SMILES string of the molecule is CCOC(OCC)O[SiH2]CCCCc1cccc(C(F)(F)F)c1. The van der Waals surface area contributed by atoms with Crippen LogP contribution in [0.4, 0.5) is 13.2 Å². The van der Waals surface area contributed by atoms with Gasteiger partial charge in [0.15, 0.2) is 9.76 Å². The van der Waals surface area contributed by atoms with E-state index in [2.05, 4.69) is 0 Å². The van der Waals surface area contributed by atoms with E-state index < -0.39 is 28.0 Å². The van der Waals surface area contributed by atoms with Crippen molar-refractivity contribution in [3.8, 4) is 0 Å². The van der Waals surface area contributed by atoms with E-state index in [1.165, 1.54) is 12.1 Å². The third-order valence-corrected chi connectivity index (χ3v) is 4.52. The van der Waals surface area contributed by atoms with Gasteiger partial charge in [-0.05, 0) is 44.4 Å². The molecule has 23 heavy (non-hydrogen) atoms. The number of hydrogen-bond acceptors (Lipinski definition) is 3. The van der Waals surface area contributed by atoms with Gasteiger partial charge in [-0.3, -0.25) is 0 Å². The van der Waals surface area contributed by atoms with Crippen LogP contribution in [0.5, 0.6) is 0 Å². The van der Waals surface area contributed by atoms with Gasteiger partial charge >= 0.3 is 6.18 Å². The highest BCUT2D eigenvalue weighted by Crippen LogP contribution is 2.29. The quantitative estimate of drug-likeness (QED) is 0.344. The normalized spacial score (nSPS) is 12.6. The Balaban J connectivity index is 2.22. The molecule has 0 spiro atoms. The third-order valence-electron chi connectivity index (χ3n) is 3.22. The Kier molecular flexibility index (Phi) is 9.46. The number of hydrogen-bond donors (Lipinski definition) is 0. The minimum Gasteiger partial charge on any atom is -0.379 e. The zero-order chi connectivity index (χ0) is 17.1. The van der Waals surface area contributed by atoms with Crippen molar-refractivity contribution in [3.63, 3.8) is 0 Å². The van der Waals surface area contributed by atoms with E-state index in [-0.39, 0.29) is 0 Å². The molecule has 3 nitrogen and oxygen atoms in total. The monoisotopic (exact) mass is 350 g/mol. The highest BCUT2D eigenvalue weighted by molar-refractivity contribution is 6.27. The predicted octanol–water partition coefficient (Wildman–Crippen LogP) is 3.90. The fourth-order valence-corrected chi connectivity index (χ4v) is 3.22. The molecule has 0 N–H and O–H groups in total. The molecule has 1 aromatic carbocycles. The van der Waals surface area contributed by atoms with Gasteiger partial charge in [0.05, 0.1) is 5.56 Å². The predicted molar refractivity (Wildman–Crippen MR) is 85.9 cm³/mol. The lowest BCUT2D eigenvalue weighted by molar-refractivity contribution is -0.243. The molecule has 0 amide bonds. The molecule has 1 aromatic rings. The lowest BCUT2D eigenvalue weighted by atomic mass is 10.1. The van der Waals surface area contributed by atoms with E-state index in [1.807, 2.05) is 13.8 Å². The number of aryl methyl sites for hydroxylation is 1. The maximum atomic E-state index is 12.6. The van der Waals surface area contributed by atoms with E-state index in [1.54, 1.807) is 6.07 Å². The Labute approximate surface area is 138 Å². The van der Waals surface area contributed by atoms with Gasteiger partial charge in [-0.15, -0.1) is 0 Å². The van der Waals surface area contributed by atoms with Crippen LogP contribution in [0.25, 0.3) is 0 Å². The standard InChI is InChI=1S/C16H25F3O3Si/c1-3-20-15(21-4-2)22-23-11-6-5-8-13-9-7-10-14(12-13)16(17,18)19/h7,9-10,12,15H,3-6,8,11,23H2,1-2H3. The third kappa shape index (κ3) is 8.50. The average Bonchev–Trinajstić information content (AvgIpc) is 2.50. The lowest BCUT2D eigenvalue weighted by Crippen LogP contribution is -2.22. The number of halogens is 3. The summed E-state index contributed by atoms with van der Waals surface area (Å²) < 4.78 is 54.0. The number of alkyl halides is 3. The van der Waals surface area contributed by atoms with Crippen LogP contribution in [-0.4, -0.2) is 29.5 Å². The van der Waals surface area contributed by atoms with Crippen LogP contribution in [0.3, 0.4) is 0 Å². The first-order chi connectivity index (χ1) is 11.0. The molecule has 0 aliphatic heterocycles. The van der Waals surface area contributed by atoms with Crippen LogP contribution < -0.4 is 0 Å². The van der Waals surface area contributed by atoms with E-state index in [0.717, 1.165) is 30.5 Å². The first-order valence-corrected chi connectivity index (χ1v) is 9.56. The Morgan fingerprint density at radius 1 is 1.09 bits per heavy atom. The van der Waals surface area contributed by atoms with Crippen molar-refractivity contribution in [3.05, 3.63) is 35.4 Å². The van der Waals surface area contributed by atoms with Crippen LogP contribution >= 0.6 is 0 Å². The molecule has 0 aliphatic rings. The molecule has 0 saturated carbocycles. The summed E-state index contributed by atoms with van der Waals surface area (Å²) in [6.07, 6.45) is -1.83. The summed E-state index contributed by atoms with van der Waals surface area (Å²) >= 11 is 0. The Morgan fingerprint density at radius 3 is 2.39 bits per heavy atom. The van der Waals surface area contributed by atoms with Crippen LogP contribution in [0.2, 0.25) is 6.04 Å². The average molecular weight is 350 g/mol. The zero-order valence-electron chi connectivity index (χ0n) is 13.7. The van der Waals surface area contributed by atoms with Crippen molar-refractivity contribution in [1.29, 1.82) is 0 Å². The maximum absolute atomic E-state index is 12.6. The Morgan fingerprint density at radius 2 is 1.78 bits per heavy atom. The molecule has 7 heteroatoms. The summed E-state index contributed by atoms with van der Waals surface area (Å²) in [4.78, 5) is 0. The second kappa shape index (κ2) is 10.8. The summed E-state index contributed by atoms with van der Waals surface area (Å²) in [5.74, 6) is 0. The maximum Gasteiger partial charge on any atom is 0.416 e. The van der Waals surface area contributed by atoms with Crippen molar-refractivity contribution >= 4 is 9.76 Å². The molecule has 0 atom stereocenters. The van der Waals surface area contributed by atoms with Gasteiger partial charge in [0.2, 0.25) is 0 Å². The highest BCUT2D eigenvalue weighted by Gasteiger charge is 2.30. The summed E-state index contributed by atoms with van der Waals surface area (Å²) in [5.41, 5.74) is 0.146. The molecule has 0 aromatic heterocycles. The second-order valence-corrected chi connectivity index (χ2v) is 6.53. The van der Waals surface area contributed by atoms with Gasteiger partial charge < -0.3 is 13.9 Å². The van der Waals surface area contributed by atoms with Gasteiger partial charge in [0.1, 0.15) is 0 Å². The highest BCUT2D eigenvalue weighted by atomic mass is 28.2. The van der Waals surface area contributed by atoms with Gasteiger partial charge in [-0.2, -0.15) is 13.2 Å². The first-order valence-electron chi connectivity index (χ1n) is 7.98. The fraction of sp³-hybridized carbons (Fsp3) is 0.625. The van der Waals surface area contributed by atoms with Crippen LogP contribution in [-0.2, 0) is 26.5 Å². The van der Waals surface area contributed by atoms with E-state index in [0.29, 0.717) is 19.6 Å². The topological polar surface area (TPSA) is 27.7 Å². The summed E-state index contributed by atoms with van der Waals surface area (Å²) in [7, 11) is -0.737. The van der Waals surface area contributed by atoms with Crippen molar-refractivity contribution in [1.82, 2.24) is 0 Å². The second-order valence-electron chi connectivity index (χ2n) is 5.08. The molecular weight excluding hydrogens is 325 g/mol. The van der Waals surface area contributed by atoms with E-state index in [4.69, 9.17) is 13.9 Å². The molecular formula is C16H25F3O3Si. The minimum atomic E-state index is -4.27. The van der Waals surface area contributed by atoms with Crippen molar-refractivity contribution in [2.24, 2.45) is 0 Å². The van der Waals surface area contributed by atoms with Crippen LogP contribution in [0, 0.1) is 0 Å². The Hall–Kier alpha value is -0.893. The smallest absolute Gasteiger partial charge is 0.379 e. The summed E-state index contributed by atoms with van der Waals surface area (Å²) in [6.45, 7) is 4.27. The molecule has 0 radical (unpaired) electrons. The number of unbranched alkanes of at least 4 members (excludes halogenated alkanes) is 1. The molecule has 132 valence electrons. The summed E-state index contributed by atoms with van der Waals surface area (Å²) in [5, 5.41) is 0. The zero-order valence-corrected chi connectivity index (χ0v) is 15.1.